The van der Waals surface area contributed by atoms with Crippen molar-refractivity contribution in [2.24, 2.45) is 5.92 Å². The fourth-order valence-corrected chi connectivity index (χ4v) is 2.78. The van der Waals surface area contributed by atoms with E-state index in [0.29, 0.717) is 36.0 Å². The van der Waals surface area contributed by atoms with Gasteiger partial charge in [-0.05, 0) is 24.1 Å². The number of nitrogens with zero attached hydrogens (tertiary/aromatic N) is 1. The van der Waals surface area contributed by atoms with E-state index in [9.17, 15) is 9.90 Å². The number of aliphatic hydroxyl groups excluding tert-OH is 1. The molecule has 1 aliphatic rings. The number of fused-ring (bicyclic) bond motifs is 1. The third-order valence-corrected chi connectivity index (χ3v) is 4.56. The van der Waals surface area contributed by atoms with Crippen LogP contribution in [0.15, 0.2) is 24.4 Å². The van der Waals surface area contributed by atoms with Crippen molar-refractivity contribution in [2.75, 3.05) is 19.8 Å². The zero-order valence-corrected chi connectivity index (χ0v) is 14.4. The first-order valence-electron chi connectivity index (χ1n) is 8.49. The lowest BCUT2D eigenvalue weighted by atomic mass is 9.99. The number of rotatable bonds is 6. The highest BCUT2D eigenvalue weighted by Crippen LogP contribution is 2.34. The molecule has 2 unspecified atom stereocenters. The van der Waals surface area contributed by atoms with Gasteiger partial charge in [0.1, 0.15) is 13.2 Å². The molecule has 1 aliphatic heterocycles. The number of amides is 1. The third-order valence-electron chi connectivity index (χ3n) is 4.56. The molecule has 3 N–H and O–H groups in total. The Bertz CT molecular complexity index is 744. The second-order valence-electron chi connectivity index (χ2n) is 6.17. The molecule has 0 radical (unpaired) electrons. The van der Waals surface area contributed by atoms with Gasteiger partial charge in [-0.1, -0.05) is 20.3 Å². The van der Waals surface area contributed by atoms with E-state index in [1.807, 2.05) is 32.0 Å². The molecule has 1 aromatic carbocycles. The first-order chi connectivity index (χ1) is 12.1. The largest absolute Gasteiger partial charge is 0.486 e. The van der Waals surface area contributed by atoms with E-state index in [4.69, 9.17) is 9.47 Å². The van der Waals surface area contributed by atoms with Gasteiger partial charge >= 0.3 is 0 Å². The van der Waals surface area contributed by atoms with Gasteiger partial charge in [-0.2, -0.15) is 5.10 Å². The SMILES string of the molecule is CCC(C)C(CO)NC(=O)c1cn[nH]c1-c1ccc2c(c1)OCCO2. The van der Waals surface area contributed by atoms with Crippen LogP contribution in [0.25, 0.3) is 11.3 Å². The number of aromatic nitrogens is 2. The van der Waals surface area contributed by atoms with E-state index < -0.39 is 0 Å². The van der Waals surface area contributed by atoms with Crippen LogP contribution in [0.5, 0.6) is 11.5 Å². The van der Waals surface area contributed by atoms with Crippen LogP contribution in [0.1, 0.15) is 30.6 Å². The summed E-state index contributed by atoms with van der Waals surface area (Å²) in [7, 11) is 0. The Hall–Kier alpha value is -2.54. The van der Waals surface area contributed by atoms with Crippen LogP contribution in [0.4, 0.5) is 0 Å². The molecule has 134 valence electrons. The molecule has 0 aliphatic carbocycles. The molecule has 2 heterocycles. The van der Waals surface area contributed by atoms with Crippen molar-refractivity contribution in [2.45, 2.75) is 26.3 Å². The standard InChI is InChI=1S/C18H23N3O4/c1-3-11(2)14(10-22)20-18(23)13-9-19-21-17(13)12-4-5-15-16(8-12)25-7-6-24-15/h4-5,8-9,11,14,22H,3,6-7,10H2,1-2H3,(H,19,21)(H,20,23). The van der Waals surface area contributed by atoms with Crippen molar-refractivity contribution in [1.82, 2.24) is 15.5 Å². The number of benzene rings is 1. The van der Waals surface area contributed by atoms with E-state index in [1.165, 1.54) is 6.20 Å². The Labute approximate surface area is 146 Å². The van der Waals surface area contributed by atoms with Crippen molar-refractivity contribution < 1.29 is 19.4 Å². The molecular weight excluding hydrogens is 322 g/mol. The van der Waals surface area contributed by atoms with E-state index >= 15 is 0 Å². The molecule has 0 spiro atoms. The topological polar surface area (TPSA) is 96.5 Å². The number of ether oxygens (including phenoxy) is 2. The summed E-state index contributed by atoms with van der Waals surface area (Å²) >= 11 is 0. The molecular formula is C18H23N3O4. The summed E-state index contributed by atoms with van der Waals surface area (Å²) in [4.78, 5) is 12.6. The highest BCUT2D eigenvalue weighted by atomic mass is 16.6. The average Bonchev–Trinajstić information content (AvgIpc) is 3.14. The summed E-state index contributed by atoms with van der Waals surface area (Å²) in [5.74, 6) is 1.26. The van der Waals surface area contributed by atoms with Gasteiger partial charge in [0.25, 0.3) is 5.91 Å². The summed E-state index contributed by atoms with van der Waals surface area (Å²) in [6, 6.07) is 5.22. The lowest BCUT2D eigenvalue weighted by Crippen LogP contribution is -2.41. The Morgan fingerprint density at radius 2 is 2.12 bits per heavy atom. The highest BCUT2D eigenvalue weighted by molar-refractivity contribution is 6.00. The quantitative estimate of drug-likeness (QED) is 0.744. The summed E-state index contributed by atoms with van der Waals surface area (Å²) in [6.07, 6.45) is 2.36. The molecule has 0 fully saturated rings. The number of nitrogens with one attached hydrogen (secondary N) is 2. The van der Waals surface area contributed by atoms with Gasteiger partial charge in [0.2, 0.25) is 0 Å². The van der Waals surface area contributed by atoms with Crippen LogP contribution in [0, 0.1) is 5.92 Å². The van der Waals surface area contributed by atoms with Crippen molar-refractivity contribution >= 4 is 5.91 Å². The molecule has 1 amide bonds. The van der Waals surface area contributed by atoms with Gasteiger partial charge < -0.3 is 19.9 Å². The molecule has 1 aromatic heterocycles. The molecule has 25 heavy (non-hydrogen) atoms. The Kier molecular flexibility index (Phi) is 5.23. The van der Waals surface area contributed by atoms with Gasteiger partial charge in [0.15, 0.2) is 11.5 Å². The summed E-state index contributed by atoms with van der Waals surface area (Å²) in [5.41, 5.74) is 1.82. The fraction of sp³-hybridized carbons (Fsp3) is 0.444. The third kappa shape index (κ3) is 3.61. The molecule has 2 aromatic rings. The average molecular weight is 345 g/mol. The Morgan fingerprint density at radius 3 is 2.84 bits per heavy atom. The highest BCUT2D eigenvalue weighted by Gasteiger charge is 2.22. The van der Waals surface area contributed by atoms with E-state index in [2.05, 4.69) is 15.5 Å². The predicted molar refractivity (Wildman–Crippen MR) is 92.8 cm³/mol. The van der Waals surface area contributed by atoms with E-state index in [0.717, 1.165) is 12.0 Å². The molecule has 3 rings (SSSR count). The first-order valence-corrected chi connectivity index (χ1v) is 8.49. The maximum absolute atomic E-state index is 12.6. The fourth-order valence-electron chi connectivity index (χ4n) is 2.78. The second kappa shape index (κ2) is 7.57. The Morgan fingerprint density at radius 1 is 1.36 bits per heavy atom. The molecule has 0 saturated carbocycles. The maximum atomic E-state index is 12.6. The normalized spacial score (nSPS) is 15.5. The van der Waals surface area contributed by atoms with Crippen molar-refractivity contribution in [3.63, 3.8) is 0 Å². The number of aromatic amines is 1. The molecule has 7 nitrogen and oxygen atoms in total. The number of carbonyl (C=O) groups is 1. The minimum absolute atomic E-state index is 0.0993. The van der Waals surface area contributed by atoms with Gasteiger partial charge in [0, 0.05) is 5.56 Å². The zero-order valence-electron chi connectivity index (χ0n) is 14.4. The first kappa shape index (κ1) is 17.3. The van der Waals surface area contributed by atoms with Crippen LogP contribution in [-0.4, -0.2) is 47.1 Å². The van der Waals surface area contributed by atoms with Gasteiger partial charge in [-0.3, -0.25) is 9.89 Å². The monoisotopic (exact) mass is 345 g/mol. The zero-order chi connectivity index (χ0) is 17.8. The summed E-state index contributed by atoms with van der Waals surface area (Å²) in [6.45, 7) is 4.95. The minimum atomic E-state index is -0.291. The summed E-state index contributed by atoms with van der Waals surface area (Å²) < 4.78 is 11.1. The molecule has 0 saturated heterocycles. The van der Waals surface area contributed by atoms with E-state index in [1.54, 1.807) is 0 Å². The number of aliphatic hydroxyl groups is 1. The predicted octanol–water partition coefficient (Wildman–Crippen LogP) is 1.98. The van der Waals surface area contributed by atoms with Crippen molar-refractivity contribution in [3.8, 4) is 22.8 Å². The molecule has 0 bridgehead atoms. The van der Waals surface area contributed by atoms with Crippen molar-refractivity contribution in [3.05, 3.63) is 30.0 Å². The molecule has 7 heteroatoms. The van der Waals surface area contributed by atoms with Crippen LogP contribution >= 0.6 is 0 Å². The van der Waals surface area contributed by atoms with Crippen LogP contribution in [-0.2, 0) is 0 Å². The Balaban J connectivity index is 1.84. The lowest BCUT2D eigenvalue weighted by molar-refractivity contribution is 0.0892. The number of carbonyl (C=O) groups excluding carboxylic acids is 1. The van der Waals surface area contributed by atoms with Crippen LogP contribution < -0.4 is 14.8 Å². The number of hydrogen-bond donors (Lipinski definition) is 3. The van der Waals surface area contributed by atoms with Gasteiger partial charge in [-0.15, -0.1) is 0 Å². The smallest absolute Gasteiger partial charge is 0.255 e. The maximum Gasteiger partial charge on any atom is 0.255 e. The lowest BCUT2D eigenvalue weighted by Gasteiger charge is -2.22. The van der Waals surface area contributed by atoms with E-state index in [-0.39, 0.29) is 24.5 Å². The van der Waals surface area contributed by atoms with Crippen molar-refractivity contribution in [1.29, 1.82) is 0 Å². The second-order valence-corrected chi connectivity index (χ2v) is 6.17. The van der Waals surface area contributed by atoms with Crippen LogP contribution in [0.3, 0.4) is 0 Å². The van der Waals surface area contributed by atoms with Crippen LogP contribution in [0.2, 0.25) is 0 Å². The summed E-state index contributed by atoms with van der Waals surface area (Å²) in [5, 5.41) is 19.3. The van der Waals surface area contributed by atoms with Gasteiger partial charge in [-0.25, -0.2) is 0 Å². The minimum Gasteiger partial charge on any atom is -0.486 e. The number of hydrogen-bond acceptors (Lipinski definition) is 5. The molecule has 2 atom stereocenters. The number of H-pyrrole nitrogens is 1. The van der Waals surface area contributed by atoms with Gasteiger partial charge in [0.05, 0.1) is 30.1 Å².